The summed E-state index contributed by atoms with van der Waals surface area (Å²) >= 11 is 0. The maximum atomic E-state index is 10.5. The Bertz CT molecular complexity index is 265. The molecule has 0 amide bonds. The van der Waals surface area contributed by atoms with Crippen LogP contribution in [0.3, 0.4) is 0 Å². The molecule has 0 aromatic carbocycles. The average Bonchev–Trinajstić information content (AvgIpc) is 2.36. The summed E-state index contributed by atoms with van der Waals surface area (Å²) in [5, 5.41) is 3.47. The molecule has 1 N–H and O–H groups in total. The second-order valence-electron chi connectivity index (χ2n) is 2.08. The smallest absolute Gasteiger partial charge is 0.371 e. The molecule has 1 atom stereocenters. The molecular formula is C6H10N2O3. The fourth-order valence-corrected chi connectivity index (χ4v) is 0.746. The van der Waals surface area contributed by atoms with Gasteiger partial charge in [-0.2, -0.15) is 0 Å². The number of hydrogen-bond acceptors (Lipinski definition) is 4. The summed E-state index contributed by atoms with van der Waals surface area (Å²) < 4.78 is 9.44. The van der Waals surface area contributed by atoms with Crippen LogP contribution in [0.2, 0.25) is 0 Å². The van der Waals surface area contributed by atoms with Crippen LogP contribution in [0.5, 0.6) is 0 Å². The van der Waals surface area contributed by atoms with E-state index in [1.807, 2.05) is 6.92 Å². The Labute approximate surface area is 63.4 Å². The third kappa shape index (κ3) is 1.91. The van der Waals surface area contributed by atoms with Gasteiger partial charge in [0.25, 0.3) is 0 Å². The number of rotatable bonds is 3. The predicted octanol–water partition coefficient (Wildman–Crippen LogP) is 0.460. The summed E-state index contributed by atoms with van der Waals surface area (Å²) in [5.41, 5.74) is 0. The van der Waals surface area contributed by atoms with Gasteiger partial charge in [0.2, 0.25) is 0 Å². The monoisotopic (exact) mass is 158 g/mol. The topological polar surface area (TPSA) is 68.1 Å². The van der Waals surface area contributed by atoms with Crippen molar-refractivity contribution >= 4 is 0 Å². The second kappa shape index (κ2) is 3.34. The summed E-state index contributed by atoms with van der Waals surface area (Å²) in [6.07, 6.45) is -0.216. The Morgan fingerprint density at radius 3 is 3.00 bits per heavy atom. The summed E-state index contributed by atoms with van der Waals surface area (Å²) in [6.45, 7) is 4.24. The third-order valence-electron chi connectivity index (χ3n) is 1.26. The van der Waals surface area contributed by atoms with Gasteiger partial charge >= 0.3 is 5.76 Å². The number of hydrogen-bond donors (Lipinski definition) is 1. The molecule has 0 aliphatic rings. The van der Waals surface area contributed by atoms with Crippen molar-refractivity contribution in [2.75, 3.05) is 6.61 Å². The fraction of sp³-hybridized carbons (Fsp3) is 0.667. The van der Waals surface area contributed by atoms with Crippen molar-refractivity contribution in [3.05, 3.63) is 16.4 Å². The number of nitrogens with one attached hydrogen (secondary N) is 1. The second-order valence-corrected chi connectivity index (χ2v) is 2.08. The van der Waals surface area contributed by atoms with Gasteiger partial charge < -0.3 is 4.74 Å². The molecule has 11 heavy (non-hydrogen) atoms. The lowest BCUT2D eigenvalue weighted by Gasteiger charge is -2.04. The third-order valence-corrected chi connectivity index (χ3v) is 1.26. The van der Waals surface area contributed by atoms with E-state index in [4.69, 9.17) is 4.74 Å². The van der Waals surface area contributed by atoms with Crippen LogP contribution in [0.25, 0.3) is 0 Å². The van der Waals surface area contributed by atoms with Crippen molar-refractivity contribution in [2.45, 2.75) is 20.0 Å². The zero-order valence-electron chi connectivity index (χ0n) is 6.46. The first-order valence-corrected chi connectivity index (χ1v) is 3.41. The zero-order valence-corrected chi connectivity index (χ0v) is 6.46. The summed E-state index contributed by atoms with van der Waals surface area (Å²) in [7, 11) is 0. The van der Waals surface area contributed by atoms with E-state index in [-0.39, 0.29) is 6.10 Å². The Morgan fingerprint density at radius 1 is 1.82 bits per heavy atom. The van der Waals surface area contributed by atoms with Gasteiger partial charge in [-0.3, -0.25) is 9.51 Å². The minimum atomic E-state index is -0.549. The minimum Gasteiger partial charge on any atom is -0.371 e. The van der Waals surface area contributed by atoms with Gasteiger partial charge in [-0.15, -0.1) is 0 Å². The molecule has 0 saturated heterocycles. The minimum absolute atomic E-state index is 0.216. The van der Waals surface area contributed by atoms with Gasteiger partial charge in [0.1, 0.15) is 6.10 Å². The first kappa shape index (κ1) is 8.00. The van der Waals surface area contributed by atoms with Gasteiger partial charge in [0, 0.05) is 6.61 Å². The lowest BCUT2D eigenvalue weighted by Crippen LogP contribution is -2.04. The van der Waals surface area contributed by atoms with Gasteiger partial charge in [-0.25, -0.2) is 4.79 Å². The Balaban J connectivity index is 2.68. The Kier molecular flexibility index (Phi) is 2.43. The predicted molar refractivity (Wildman–Crippen MR) is 37.2 cm³/mol. The van der Waals surface area contributed by atoms with Gasteiger partial charge in [0.05, 0.1) is 0 Å². The number of H-pyrrole nitrogens is 1. The molecule has 62 valence electrons. The van der Waals surface area contributed by atoms with Crippen molar-refractivity contribution in [1.82, 2.24) is 10.1 Å². The zero-order chi connectivity index (χ0) is 8.27. The quantitative estimate of drug-likeness (QED) is 0.693. The molecule has 1 aromatic heterocycles. The van der Waals surface area contributed by atoms with E-state index in [2.05, 4.69) is 14.7 Å². The highest BCUT2D eigenvalue weighted by molar-refractivity contribution is 4.82. The molecule has 0 aliphatic heterocycles. The average molecular weight is 158 g/mol. The molecule has 1 rings (SSSR count). The van der Waals surface area contributed by atoms with E-state index >= 15 is 0 Å². The van der Waals surface area contributed by atoms with Crippen LogP contribution in [-0.2, 0) is 4.74 Å². The molecule has 0 radical (unpaired) electrons. The van der Waals surface area contributed by atoms with Crippen LogP contribution in [0.1, 0.15) is 25.8 Å². The Hall–Kier alpha value is -1.10. The molecule has 5 nitrogen and oxygen atoms in total. The molecule has 0 fully saturated rings. The van der Waals surface area contributed by atoms with Gasteiger partial charge in [0.15, 0.2) is 5.82 Å². The van der Waals surface area contributed by atoms with E-state index in [1.54, 1.807) is 6.92 Å². The van der Waals surface area contributed by atoms with Crippen LogP contribution >= 0.6 is 0 Å². The Morgan fingerprint density at radius 2 is 2.55 bits per heavy atom. The summed E-state index contributed by atoms with van der Waals surface area (Å²) in [6, 6.07) is 0. The molecule has 0 bridgehead atoms. The highest BCUT2D eigenvalue weighted by Crippen LogP contribution is 2.08. The van der Waals surface area contributed by atoms with Crippen molar-refractivity contribution in [3.63, 3.8) is 0 Å². The van der Waals surface area contributed by atoms with Crippen molar-refractivity contribution in [1.29, 1.82) is 0 Å². The van der Waals surface area contributed by atoms with Crippen molar-refractivity contribution < 1.29 is 9.26 Å². The van der Waals surface area contributed by atoms with Crippen LogP contribution in [0.4, 0.5) is 0 Å². The van der Waals surface area contributed by atoms with Crippen LogP contribution in [0, 0.1) is 0 Å². The molecule has 5 heteroatoms. The summed E-state index contributed by atoms with van der Waals surface area (Å²) in [5.74, 6) is -0.122. The molecule has 0 saturated carbocycles. The number of aromatic nitrogens is 2. The first-order chi connectivity index (χ1) is 5.24. The standard InChI is InChI=1S/C6H10N2O3/c1-3-10-4(2)5-7-6(9)11-8-5/h4H,3H2,1-2H3,(H,7,8,9). The van der Waals surface area contributed by atoms with Crippen LogP contribution in [0.15, 0.2) is 9.32 Å². The van der Waals surface area contributed by atoms with E-state index in [1.165, 1.54) is 0 Å². The maximum absolute atomic E-state index is 10.5. The van der Waals surface area contributed by atoms with Crippen molar-refractivity contribution in [3.8, 4) is 0 Å². The number of nitrogens with zero attached hydrogens (tertiary/aromatic N) is 1. The largest absolute Gasteiger partial charge is 0.438 e. The molecule has 1 unspecified atom stereocenters. The van der Waals surface area contributed by atoms with E-state index in [9.17, 15) is 4.79 Å². The maximum Gasteiger partial charge on any atom is 0.438 e. The van der Waals surface area contributed by atoms with Gasteiger partial charge in [-0.1, -0.05) is 5.16 Å². The van der Waals surface area contributed by atoms with Crippen LogP contribution < -0.4 is 5.76 Å². The molecule has 0 spiro atoms. The lowest BCUT2D eigenvalue weighted by atomic mass is 10.4. The van der Waals surface area contributed by atoms with E-state index in [0.717, 1.165) is 0 Å². The van der Waals surface area contributed by atoms with Crippen LogP contribution in [-0.4, -0.2) is 16.7 Å². The van der Waals surface area contributed by atoms with Crippen molar-refractivity contribution in [2.24, 2.45) is 0 Å². The molecular weight excluding hydrogens is 148 g/mol. The normalized spacial score (nSPS) is 13.3. The summed E-state index contributed by atoms with van der Waals surface area (Å²) in [4.78, 5) is 12.9. The fourth-order valence-electron chi connectivity index (χ4n) is 0.746. The SMILES string of the molecule is CCOC(C)c1noc(=O)[nH]1. The first-order valence-electron chi connectivity index (χ1n) is 3.41. The lowest BCUT2D eigenvalue weighted by molar-refractivity contribution is 0.0683. The van der Waals surface area contributed by atoms with Gasteiger partial charge in [-0.05, 0) is 13.8 Å². The van der Waals surface area contributed by atoms with E-state index < -0.39 is 5.76 Å². The number of ether oxygens (including phenoxy) is 1. The molecule has 0 aliphatic carbocycles. The highest BCUT2D eigenvalue weighted by Gasteiger charge is 2.09. The molecule has 1 aromatic rings. The highest BCUT2D eigenvalue weighted by atomic mass is 16.5. The van der Waals surface area contributed by atoms with E-state index in [0.29, 0.717) is 12.4 Å². The number of aromatic amines is 1. The molecule has 1 heterocycles.